The number of amides is 1. The third-order valence-electron chi connectivity index (χ3n) is 4.83. The van der Waals surface area contributed by atoms with Crippen molar-refractivity contribution in [2.45, 2.75) is 32.7 Å². The molecule has 1 aliphatic rings. The quantitative estimate of drug-likeness (QED) is 0.893. The lowest BCUT2D eigenvalue weighted by Gasteiger charge is -2.36. The van der Waals surface area contributed by atoms with Gasteiger partial charge in [-0.2, -0.15) is 0 Å². The third kappa shape index (κ3) is 2.97. The number of carboxylic acid groups (broad SMARTS) is 1. The van der Waals surface area contributed by atoms with E-state index in [1.165, 1.54) is 0 Å². The van der Waals surface area contributed by atoms with Crippen LogP contribution in [0.4, 0.5) is 11.4 Å². The number of fused-ring (bicyclic) bond motifs is 1. The molecule has 1 amide bonds. The minimum atomic E-state index is -0.933. The molecule has 0 saturated heterocycles. The van der Waals surface area contributed by atoms with Crippen LogP contribution in [0.2, 0.25) is 0 Å². The summed E-state index contributed by atoms with van der Waals surface area (Å²) in [7, 11) is 1.88. The van der Waals surface area contributed by atoms with Gasteiger partial charge < -0.3 is 15.3 Å². The number of hydrogen-bond donors (Lipinski definition) is 2. The van der Waals surface area contributed by atoms with Gasteiger partial charge in [-0.05, 0) is 49.1 Å². The lowest BCUT2D eigenvalue weighted by Crippen LogP contribution is -2.40. The number of anilines is 2. The van der Waals surface area contributed by atoms with Crippen molar-refractivity contribution in [2.24, 2.45) is 0 Å². The highest BCUT2D eigenvalue weighted by Crippen LogP contribution is 2.41. The summed E-state index contributed by atoms with van der Waals surface area (Å²) in [6, 6.07) is 11.0. The van der Waals surface area contributed by atoms with Crippen LogP contribution in [0.5, 0.6) is 0 Å². The maximum atomic E-state index is 12.1. The number of aromatic carboxylic acids is 1. The lowest BCUT2D eigenvalue weighted by molar-refractivity contribution is -0.117. The highest BCUT2D eigenvalue weighted by atomic mass is 16.4. The molecule has 0 aliphatic carbocycles. The van der Waals surface area contributed by atoms with E-state index in [1.807, 2.05) is 36.2 Å². The molecule has 2 aromatic carbocycles. The number of carbonyl (C=O) groups is 2. The third-order valence-corrected chi connectivity index (χ3v) is 4.83. The SMILES string of the molecule is CNc1c(-c2ccc(C(=O)O)cc2)ccc2c1CC[C@H](C)N2C(C)=O. The molecular formula is C20H22N2O3. The second-order valence-corrected chi connectivity index (χ2v) is 6.40. The first-order valence-corrected chi connectivity index (χ1v) is 8.41. The summed E-state index contributed by atoms with van der Waals surface area (Å²) < 4.78 is 0. The van der Waals surface area contributed by atoms with E-state index < -0.39 is 5.97 Å². The van der Waals surface area contributed by atoms with Crippen molar-refractivity contribution in [2.75, 3.05) is 17.3 Å². The zero-order chi connectivity index (χ0) is 18.1. The molecule has 25 heavy (non-hydrogen) atoms. The van der Waals surface area contributed by atoms with Gasteiger partial charge in [0.15, 0.2) is 0 Å². The van der Waals surface area contributed by atoms with E-state index in [0.29, 0.717) is 0 Å². The van der Waals surface area contributed by atoms with Gasteiger partial charge in [0.2, 0.25) is 5.91 Å². The van der Waals surface area contributed by atoms with E-state index in [2.05, 4.69) is 12.2 Å². The average molecular weight is 338 g/mol. The molecule has 0 aromatic heterocycles. The van der Waals surface area contributed by atoms with Gasteiger partial charge in [-0.1, -0.05) is 18.2 Å². The number of hydrogen-bond acceptors (Lipinski definition) is 3. The average Bonchev–Trinajstić information content (AvgIpc) is 2.60. The zero-order valence-electron chi connectivity index (χ0n) is 14.7. The number of nitrogens with zero attached hydrogens (tertiary/aromatic N) is 1. The zero-order valence-corrected chi connectivity index (χ0v) is 14.7. The van der Waals surface area contributed by atoms with Gasteiger partial charge in [0.05, 0.1) is 5.56 Å². The molecular weight excluding hydrogens is 316 g/mol. The van der Waals surface area contributed by atoms with Crippen molar-refractivity contribution in [3.8, 4) is 11.1 Å². The predicted molar refractivity (Wildman–Crippen MR) is 99.3 cm³/mol. The van der Waals surface area contributed by atoms with Crippen molar-refractivity contribution in [1.29, 1.82) is 0 Å². The van der Waals surface area contributed by atoms with Gasteiger partial charge in [0.1, 0.15) is 0 Å². The summed E-state index contributed by atoms with van der Waals surface area (Å²) >= 11 is 0. The summed E-state index contributed by atoms with van der Waals surface area (Å²) in [6.45, 7) is 3.67. The molecule has 3 rings (SSSR count). The molecule has 2 N–H and O–H groups in total. The van der Waals surface area contributed by atoms with Crippen LogP contribution in [-0.4, -0.2) is 30.1 Å². The first-order valence-electron chi connectivity index (χ1n) is 8.41. The predicted octanol–water partition coefficient (Wildman–Crippen LogP) is 3.78. The first kappa shape index (κ1) is 17.0. The molecule has 0 saturated carbocycles. The van der Waals surface area contributed by atoms with E-state index in [1.54, 1.807) is 19.1 Å². The van der Waals surface area contributed by atoms with Crippen LogP contribution in [0, 0.1) is 0 Å². The molecule has 5 nitrogen and oxygen atoms in total. The Morgan fingerprint density at radius 2 is 1.84 bits per heavy atom. The fourth-order valence-electron chi connectivity index (χ4n) is 3.63. The van der Waals surface area contributed by atoms with Crippen molar-refractivity contribution in [1.82, 2.24) is 0 Å². The highest BCUT2D eigenvalue weighted by Gasteiger charge is 2.28. The van der Waals surface area contributed by atoms with Crippen LogP contribution < -0.4 is 10.2 Å². The Kier molecular flexibility index (Phi) is 4.49. The molecule has 0 fully saturated rings. The Morgan fingerprint density at radius 1 is 1.16 bits per heavy atom. The summed E-state index contributed by atoms with van der Waals surface area (Å²) in [4.78, 5) is 25.0. The number of carbonyl (C=O) groups excluding carboxylic acids is 1. The van der Waals surface area contributed by atoms with Crippen LogP contribution in [0.1, 0.15) is 36.2 Å². The number of carboxylic acids is 1. The van der Waals surface area contributed by atoms with E-state index in [-0.39, 0.29) is 17.5 Å². The summed E-state index contributed by atoms with van der Waals surface area (Å²) in [6.07, 6.45) is 1.82. The molecule has 0 radical (unpaired) electrons. The molecule has 0 bridgehead atoms. The van der Waals surface area contributed by atoms with Crippen molar-refractivity contribution in [3.05, 3.63) is 47.5 Å². The van der Waals surface area contributed by atoms with Crippen LogP contribution in [0.15, 0.2) is 36.4 Å². The van der Waals surface area contributed by atoms with Crippen molar-refractivity contribution < 1.29 is 14.7 Å². The van der Waals surface area contributed by atoms with E-state index in [0.717, 1.165) is 40.9 Å². The van der Waals surface area contributed by atoms with Crippen molar-refractivity contribution in [3.63, 3.8) is 0 Å². The van der Waals surface area contributed by atoms with Crippen LogP contribution in [0.3, 0.4) is 0 Å². The second-order valence-electron chi connectivity index (χ2n) is 6.40. The lowest BCUT2D eigenvalue weighted by atomic mass is 9.90. The normalized spacial score (nSPS) is 16.3. The van der Waals surface area contributed by atoms with E-state index >= 15 is 0 Å². The first-order chi connectivity index (χ1) is 11.9. The Bertz CT molecular complexity index is 828. The Hall–Kier alpha value is -2.82. The van der Waals surface area contributed by atoms with Gasteiger partial charge in [-0.3, -0.25) is 4.79 Å². The monoisotopic (exact) mass is 338 g/mol. The smallest absolute Gasteiger partial charge is 0.335 e. The maximum absolute atomic E-state index is 12.1. The molecule has 130 valence electrons. The highest BCUT2D eigenvalue weighted by molar-refractivity contribution is 5.97. The van der Waals surface area contributed by atoms with Crippen LogP contribution in [-0.2, 0) is 11.2 Å². The van der Waals surface area contributed by atoms with E-state index in [9.17, 15) is 9.59 Å². The minimum Gasteiger partial charge on any atom is -0.478 e. The van der Waals surface area contributed by atoms with Gasteiger partial charge in [-0.15, -0.1) is 0 Å². The summed E-state index contributed by atoms with van der Waals surface area (Å²) in [5.74, 6) is -0.883. The Morgan fingerprint density at radius 3 is 2.40 bits per heavy atom. The minimum absolute atomic E-state index is 0.0501. The molecule has 0 spiro atoms. The van der Waals surface area contributed by atoms with Gasteiger partial charge >= 0.3 is 5.97 Å². The Balaban J connectivity index is 2.11. The van der Waals surface area contributed by atoms with Gasteiger partial charge in [0.25, 0.3) is 0 Å². The fourth-order valence-corrected chi connectivity index (χ4v) is 3.63. The summed E-state index contributed by atoms with van der Waals surface area (Å²) in [5, 5.41) is 12.3. The van der Waals surface area contributed by atoms with Gasteiger partial charge in [-0.25, -0.2) is 4.79 Å². The maximum Gasteiger partial charge on any atom is 0.335 e. The molecule has 1 heterocycles. The molecule has 1 atom stereocenters. The van der Waals surface area contributed by atoms with Crippen LogP contribution >= 0.6 is 0 Å². The fraction of sp³-hybridized carbons (Fsp3) is 0.300. The molecule has 2 aromatic rings. The summed E-state index contributed by atoms with van der Waals surface area (Å²) in [5.41, 5.74) is 5.32. The number of benzene rings is 2. The van der Waals surface area contributed by atoms with Crippen LogP contribution in [0.25, 0.3) is 11.1 Å². The Labute approximate surface area is 147 Å². The number of nitrogens with one attached hydrogen (secondary N) is 1. The molecule has 0 unspecified atom stereocenters. The molecule has 1 aliphatic heterocycles. The number of rotatable bonds is 3. The largest absolute Gasteiger partial charge is 0.478 e. The van der Waals surface area contributed by atoms with E-state index in [4.69, 9.17) is 5.11 Å². The topological polar surface area (TPSA) is 69.6 Å². The second kappa shape index (κ2) is 6.59. The standard InChI is InChI=1S/C20H22N2O3/c1-12-4-9-17-18(22(12)13(2)23)11-10-16(19(17)21-3)14-5-7-15(8-6-14)20(24)25/h5-8,10-12,21H,4,9H2,1-3H3,(H,24,25)/t12-/m0/s1. The molecule has 5 heteroatoms. The van der Waals surface area contributed by atoms with Crippen molar-refractivity contribution >= 4 is 23.3 Å². The van der Waals surface area contributed by atoms with Gasteiger partial charge in [0, 0.05) is 37.0 Å².